The molecule has 0 aliphatic heterocycles. The zero-order chi connectivity index (χ0) is 13.3. The van der Waals surface area contributed by atoms with Crippen molar-refractivity contribution in [2.24, 2.45) is 5.41 Å². The maximum atomic E-state index is 13.6. The van der Waals surface area contributed by atoms with Crippen LogP contribution in [0.25, 0.3) is 0 Å². The van der Waals surface area contributed by atoms with Gasteiger partial charge in [0, 0.05) is 12.6 Å². The molecule has 1 aromatic carbocycles. The van der Waals surface area contributed by atoms with Gasteiger partial charge in [-0.1, -0.05) is 32.4 Å². The lowest BCUT2D eigenvalue weighted by atomic mass is 9.87. The van der Waals surface area contributed by atoms with E-state index in [1.54, 1.807) is 0 Å². The number of rotatable bonds is 3. The molecule has 1 atom stereocenters. The molecule has 1 aliphatic rings. The van der Waals surface area contributed by atoms with Gasteiger partial charge in [-0.25, -0.2) is 4.39 Å². The van der Waals surface area contributed by atoms with Gasteiger partial charge < -0.3 is 5.32 Å². The first kappa shape index (κ1) is 13.5. The van der Waals surface area contributed by atoms with Crippen LogP contribution < -0.4 is 5.32 Å². The summed E-state index contributed by atoms with van der Waals surface area (Å²) in [7, 11) is 0. The van der Waals surface area contributed by atoms with Crippen LogP contribution in [-0.4, -0.2) is 6.04 Å². The largest absolute Gasteiger partial charge is 0.309 e. The number of benzene rings is 1. The van der Waals surface area contributed by atoms with Gasteiger partial charge in [0.2, 0.25) is 0 Å². The Bertz CT molecular complexity index is 414. The Kier molecular flexibility index (Phi) is 3.76. The average molecular weight is 249 g/mol. The molecule has 0 bridgehead atoms. The quantitative estimate of drug-likeness (QED) is 0.850. The third-order valence-electron chi connectivity index (χ3n) is 4.31. The molecule has 100 valence electrons. The zero-order valence-electron chi connectivity index (χ0n) is 11.9. The molecule has 1 nitrogen and oxygen atoms in total. The van der Waals surface area contributed by atoms with Crippen LogP contribution in [-0.2, 0) is 6.54 Å². The Morgan fingerprint density at radius 2 is 1.89 bits per heavy atom. The first-order chi connectivity index (χ1) is 8.40. The van der Waals surface area contributed by atoms with Crippen molar-refractivity contribution in [2.75, 3.05) is 0 Å². The Hall–Kier alpha value is -0.890. The van der Waals surface area contributed by atoms with Crippen molar-refractivity contribution in [2.45, 2.75) is 59.5 Å². The predicted molar refractivity (Wildman–Crippen MR) is 74.1 cm³/mol. The normalized spacial score (nSPS) is 22.4. The molecule has 18 heavy (non-hydrogen) atoms. The van der Waals surface area contributed by atoms with Crippen LogP contribution in [0.2, 0.25) is 0 Å². The third-order valence-corrected chi connectivity index (χ3v) is 4.31. The SMILES string of the molecule is Cc1cc(CNC2CCCC2(C)C)cc(C)c1F. The zero-order valence-corrected chi connectivity index (χ0v) is 11.9. The van der Waals surface area contributed by atoms with E-state index >= 15 is 0 Å². The van der Waals surface area contributed by atoms with Gasteiger partial charge in [0.15, 0.2) is 0 Å². The summed E-state index contributed by atoms with van der Waals surface area (Å²) in [5.41, 5.74) is 3.08. The number of nitrogens with one attached hydrogen (secondary N) is 1. The standard InChI is InChI=1S/C16H24FN/c1-11-8-13(9-12(2)15(11)17)10-18-14-6-5-7-16(14,3)4/h8-9,14,18H,5-7,10H2,1-4H3. The smallest absolute Gasteiger partial charge is 0.129 e. The Labute approximate surface area is 110 Å². The van der Waals surface area contributed by atoms with E-state index in [0.29, 0.717) is 11.5 Å². The van der Waals surface area contributed by atoms with Gasteiger partial charge in [0.05, 0.1) is 0 Å². The molecule has 0 radical (unpaired) electrons. The van der Waals surface area contributed by atoms with Gasteiger partial charge in [0.1, 0.15) is 5.82 Å². The van der Waals surface area contributed by atoms with Gasteiger partial charge in [-0.3, -0.25) is 0 Å². The molecule has 1 unspecified atom stereocenters. The Morgan fingerprint density at radius 1 is 1.28 bits per heavy atom. The molecule has 0 spiro atoms. The lowest BCUT2D eigenvalue weighted by molar-refractivity contribution is 0.282. The molecule has 0 amide bonds. The van der Waals surface area contributed by atoms with E-state index in [2.05, 4.69) is 19.2 Å². The van der Waals surface area contributed by atoms with Crippen LogP contribution in [0.3, 0.4) is 0 Å². The fraction of sp³-hybridized carbons (Fsp3) is 0.625. The maximum absolute atomic E-state index is 13.6. The first-order valence-corrected chi connectivity index (χ1v) is 6.89. The number of hydrogen-bond donors (Lipinski definition) is 1. The van der Waals surface area contributed by atoms with Crippen LogP contribution >= 0.6 is 0 Å². The molecule has 0 aromatic heterocycles. The Balaban J connectivity index is 2.03. The van der Waals surface area contributed by atoms with E-state index in [-0.39, 0.29) is 5.82 Å². The molecule has 2 heteroatoms. The molecular formula is C16H24FN. The minimum absolute atomic E-state index is 0.0695. The number of halogens is 1. The number of hydrogen-bond acceptors (Lipinski definition) is 1. The summed E-state index contributed by atoms with van der Waals surface area (Å²) in [4.78, 5) is 0. The van der Waals surface area contributed by atoms with E-state index in [1.807, 2.05) is 26.0 Å². The Morgan fingerprint density at radius 3 is 2.39 bits per heavy atom. The lowest BCUT2D eigenvalue weighted by Crippen LogP contribution is -2.37. The fourth-order valence-corrected chi connectivity index (χ4v) is 3.08. The highest BCUT2D eigenvalue weighted by Crippen LogP contribution is 2.37. The van der Waals surface area contributed by atoms with Crippen LogP contribution in [0.15, 0.2) is 12.1 Å². The van der Waals surface area contributed by atoms with E-state index in [0.717, 1.165) is 17.7 Å². The molecule has 1 aliphatic carbocycles. The second-order valence-corrected chi connectivity index (χ2v) is 6.36. The second kappa shape index (κ2) is 5.00. The predicted octanol–water partition coefficient (Wildman–Crippen LogP) is 4.11. The fourth-order valence-electron chi connectivity index (χ4n) is 3.08. The van der Waals surface area contributed by atoms with Crippen molar-refractivity contribution >= 4 is 0 Å². The average Bonchev–Trinajstić information content (AvgIpc) is 2.62. The van der Waals surface area contributed by atoms with E-state index < -0.39 is 0 Å². The van der Waals surface area contributed by atoms with E-state index in [9.17, 15) is 4.39 Å². The minimum atomic E-state index is -0.0695. The number of aryl methyl sites for hydroxylation is 2. The van der Waals surface area contributed by atoms with Gasteiger partial charge in [0.25, 0.3) is 0 Å². The summed E-state index contributed by atoms with van der Waals surface area (Å²) >= 11 is 0. The highest BCUT2D eigenvalue weighted by molar-refractivity contribution is 5.30. The van der Waals surface area contributed by atoms with Gasteiger partial charge in [-0.15, -0.1) is 0 Å². The maximum Gasteiger partial charge on any atom is 0.129 e. The molecule has 2 rings (SSSR count). The van der Waals surface area contributed by atoms with Crippen LogP contribution in [0.4, 0.5) is 4.39 Å². The van der Waals surface area contributed by atoms with Crippen molar-refractivity contribution in [1.29, 1.82) is 0 Å². The summed E-state index contributed by atoms with van der Waals surface area (Å²) in [6.07, 6.45) is 3.87. The van der Waals surface area contributed by atoms with Crippen molar-refractivity contribution in [1.82, 2.24) is 5.32 Å². The lowest BCUT2D eigenvalue weighted by Gasteiger charge is -2.28. The van der Waals surface area contributed by atoms with Gasteiger partial charge in [-0.2, -0.15) is 0 Å². The first-order valence-electron chi connectivity index (χ1n) is 6.89. The van der Waals surface area contributed by atoms with Crippen molar-refractivity contribution in [3.8, 4) is 0 Å². The summed E-state index contributed by atoms with van der Waals surface area (Å²) in [6, 6.07) is 4.50. The molecule has 0 heterocycles. The van der Waals surface area contributed by atoms with Gasteiger partial charge in [-0.05, 0) is 48.8 Å². The topological polar surface area (TPSA) is 12.0 Å². The molecule has 1 N–H and O–H groups in total. The second-order valence-electron chi connectivity index (χ2n) is 6.36. The molecule has 1 saturated carbocycles. The summed E-state index contributed by atoms with van der Waals surface area (Å²) < 4.78 is 13.6. The van der Waals surface area contributed by atoms with Crippen LogP contribution in [0, 0.1) is 25.1 Å². The van der Waals surface area contributed by atoms with Crippen LogP contribution in [0.1, 0.15) is 49.8 Å². The monoisotopic (exact) mass is 249 g/mol. The van der Waals surface area contributed by atoms with Crippen LogP contribution in [0.5, 0.6) is 0 Å². The van der Waals surface area contributed by atoms with Crippen molar-refractivity contribution < 1.29 is 4.39 Å². The minimum Gasteiger partial charge on any atom is -0.309 e. The highest BCUT2D eigenvalue weighted by atomic mass is 19.1. The van der Waals surface area contributed by atoms with E-state index in [4.69, 9.17) is 0 Å². The van der Waals surface area contributed by atoms with Gasteiger partial charge >= 0.3 is 0 Å². The molecular weight excluding hydrogens is 225 g/mol. The summed E-state index contributed by atoms with van der Waals surface area (Å²) in [5, 5.41) is 3.64. The van der Waals surface area contributed by atoms with Crippen molar-refractivity contribution in [3.05, 3.63) is 34.6 Å². The summed E-state index contributed by atoms with van der Waals surface area (Å²) in [5.74, 6) is -0.0695. The van der Waals surface area contributed by atoms with E-state index in [1.165, 1.54) is 24.8 Å². The highest BCUT2D eigenvalue weighted by Gasteiger charge is 2.33. The third kappa shape index (κ3) is 2.74. The molecule has 1 fully saturated rings. The summed E-state index contributed by atoms with van der Waals surface area (Å²) in [6.45, 7) is 9.18. The molecule has 0 saturated heterocycles. The molecule has 1 aromatic rings. The van der Waals surface area contributed by atoms with Crippen molar-refractivity contribution in [3.63, 3.8) is 0 Å².